The lowest BCUT2D eigenvalue weighted by Gasteiger charge is -2.35. The first-order valence-electron chi connectivity index (χ1n) is 3.87. The van der Waals surface area contributed by atoms with E-state index in [0.29, 0.717) is 12.8 Å². The van der Waals surface area contributed by atoms with Gasteiger partial charge in [0, 0.05) is 12.8 Å². The highest BCUT2D eigenvalue weighted by Gasteiger charge is 2.43. The summed E-state index contributed by atoms with van der Waals surface area (Å²) in [5.41, 5.74) is -1.21. The highest BCUT2D eigenvalue weighted by Crippen LogP contribution is 2.40. The molecule has 0 amide bonds. The third kappa shape index (κ3) is 2.12. The standard InChI is InChI=1S/C8H13F2O/c1-2-7(11)4-3-5-8(9,10)6-7/h11H,1-6H2. The van der Waals surface area contributed by atoms with Gasteiger partial charge in [0.25, 0.3) is 5.92 Å². The maximum absolute atomic E-state index is 12.7. The number of hydrogen-bond acceptors (Lipinski definition) is 1. The molecule has 1 unspecified atom stereocenters. The van der Waals surface area contributed by atoms with Crippen molar-refractivity contribution < 1.29 is 13.9 Å². The second-order valence-electron chi connectivity index (χ2n) is 3.36. The first kappa shape index (κ1) is 8.91. The molecule has 1 nitrogen and oxygen atoms in total. The molecule has 0 aromatic rings. The summed E-state index contributed by atoms with van der Waals surface area (Å²) in [4.78, 5) is 0. The van der Waals surface area contributed by atoms with Crippen molar-refractivity contribution in [3.05, 3.63) is 6.92 Å². The third-order valence-electron chi connectivity index (χ3n) is 2.24. The van der Waals surface area contributed by atoms with E-state index in [4.69, 9.17) is 0 Å². The molecule has 1 saturated carbocycles. The molecule has 1 aliphatic rings. The van der Waals surface area contributed by atoms with Crippen LogP contribution in [-0.4, -0.2) is 16.6 Å². The SMILES string of the molecule is [CH2]CC1(O)CCCC(F)(F)C1. The van der Waals surface area contributed by atoms with Crippen LogP contribution in [0.15, 0.2) is 0 Å². The van der Waals surface area contributed by atoms with Gasteiger partial charge in [-0.25, -0.2) is 8.78 Å². The molecule has 1 radical (unpaired) electrons. The Hall–Kier alpha value is -0.180. The minimum Gasteiger partial charge on any atom is -0.390 e. The lowest BCUT2D eigenvalue weighted by molar-refractivity contribution is -0.122. The fraction of sp³-hybridized carbons (Fsp3) is 0.875. The lowest BCUT2D eigenvalue weighted by atomic mass is 9.81. The van der Waals surface area contributed by atoms with Crippen LogP contribution in [0.3, 0.4) is 0 Å². The van der Waals surface area contributed by atoms with Crippen LogP contribution in [0.1, 0.15) is 32.1 Å². The number of halogens is 2. The molecule has 1 rings (SSSR count). The van der Waals surface area contributed by atoms with Crippen molar-refractivity contribution >= 4 is 0 Å². The lowest BCUT2D eigenvalue weighted by Crippen LogP contribution is -2.40. The first-order chi connectivity index (χ1) is 4.97. The van der Waals surface area contributed by atoms with Crippen molar-refractivity contribution in [1.82, 2.24) is 0 Å². The van der Waals surface area contributed by atoms with Gasteiger partial charge < -0.3 is 5.11 Å². The second-order valence-corrected chi connectivity index (χ2v) is 3.36. The topological polar surface area (TPSA) is 20.2 Å². The molecule has 0 aromatic carbocycles. The maximum Gasteiger partial charge on any atom is 0.250 e. The highest BCUT2D eigenvalue weighted by atomic mass is 19.3. The van der Waals surface area contributed by atoms with Crippen LogP contribution in [0.4, 0.5) is 8.78 Å². The minimum absolute atomic E-state index is 0.0880. The number of rotatable bonds is 1. The monoisotopic (exact) mass is 163 g/mol. The van der Waals surface area contributed by atoms with Gasteiger partial charge in [-0.2, -0.15) is 0 Å². The zero-order valence-corrected chi connectivity index (χ0v) is 6.45. The Labute approximate surface area is 65.4 Å². The van der Waals surface area contributed by atoms with Gasteiger partial charge in [0.1, 0.15) is 0 Å². The summed E-state index contributed by atoms with van der Waals surface area (Å²) in [6.07, 6.45) is 0.548. The fourth-order valence-electron chi connectivity index (χ4n) is 1.55. The summed E-state index contributed by atoms with van der Waals surface area (Å²) in [6, 6.07) is 0. The predicted molar refractivity (Wildman–Crippen MR) is 38.3 cm³/mol. The summed E-state index contributed by atoms with van der Waals surface area (Å²) in [7, 11) is 0. The van der Waals surface area contributed by atoms with E-state index in [1.807, 2.05) is 0 Å². The Balaban J connectivity index is 2.59. The summed E-state index contributed by atoms with van der Waals surface area (Å²) >= 11 is 0. The van der Waals surface area contributed by atoms with Gasteiger partial charge in [-0.3, -0.25) is 0 Å². The average molecular weight is 163 g/mol. The van der Waals surface area contributed by atoms with Gasteiger partial charge in [-0.05, 0) is 19.3 Å². The van der Waals surface area contributed by atoms with E-state index in [-0.39, 0.29) is 12.8 Å². The van der Waals surface area contributed by atoms with Crippen molar-refractivity contribution in [3.63, 3.8) is 0 Å². The number of hydrogen-bond donors (Lipinski definition) is 1. The summed E-state index contributed by atoms with van der Waals surface area (Å²) < 4.78 is 25.4. The molecule has 1 atom stereocenters. The summed E-state index contributed by atoms with van der Waals surface area (Å²) in [5.74, 6) is -2.68. The highest BCUT2D eigenvalue weighted by molar-refractivity contribution is 4.90. The smallest absolute Gasteiger partial charge is 0.250 e. The minimum atomic E-state index is -2.68. The Kier molecular flexibility index (Phi) is 2.19. The van der Waals surface area contributed by atoms with Gasteiger partial charge in [0.15, 0.2) is 0 Å². The predicted octanol–water partition coefficient (Wildman–Crippen LogP) is 2.15. The molecule has 0 aromatic heterocycles. The molecule has 0 spiro atoms. The van der Waals surface area contributed by atoms with E-state index in [9.17, 15) is 13.9 Å². The van der Waals surface area contributed by atoms with Crippen molar-refractivity contribution in [2.75, 3.05) is 0 Å². The molecule has 1 aliphatic carbocycles. The Morgan fingerprint density at radius 3 is 2.36 bits per heavy atom. The third-order valence-corrected chi connectivity index (χ3v) is 2.24. The van der Waals surface area contributed by atoms with Crippen molar-refractivity contribution in [1.29, 1.82) is 0 Å². The van der Waals surface area contributed by atoms with Crippen LogP contribution in [-0.2, 0) is 0 Å². The largest absolute Gasteiger partial charge is 0.390 e. The zero-order valence-electron chi connectivity index (χ0n) is 6.45. The van der Waals surface area contributed by atoms with Crippen molar-refractivity contribution in [2.45, 2.75) is 43.6 Å². The molecule has 0 bridgehead atoms. The Morgan fingerprint density at radius 1 is 1.36 bits per heavy atom. The van der Waals surface area contributed by atoms with Crippen LogP contribution in [0.2, 0.25) is 0 Å². The number of aliphatic hydroxyl groups is 1. The maximum atomic E-state index is 12.7. The van der Waals surface area contributed by atoms with Gasteiger partial charge >= 0.3 is 0 Å². The van der Waals surface area contributed by atoms with Crippen LogP contribution >= 0.6 is 0 Å². The van der Waals surface area contributed by atoms with Gasteiger partial charge in [0.05, 0.1) is 5.60 Å². The van der Waals surface area contributed by atoms with Gasteiger partial charge in [-0.1, -0.05) is 6.92 Å². The molecule has 0 aliphatic heterocycles. The van der Waals surface area contributed by atoms with Crippen LogP contribution in [0.5, 0.6) is 0 Å². The van der Waals surface area contributed by atoms with Gasteiger partial charge in [0.2, 0.25) is 0 Å². The average Bonchev–Trinajstić information content (AvgIpc) is 1.85. The molecule has 11 heavy (non-hydrogen) atoms. The van der Waals surface area contributed by atoms with Crippen LogP contribution in [0, 0.1) is 6.92 Å². The second kappa shape index (κ2) is 2.70. The molecular weight excluding hydrogens is 150 g/mol. The molecule has 0 saturated heterocycles. The quantitative estimate of drug-likeness (QED) is 0.628. The fourth-order valence-corrected chi connectivity index (χ4v) is 1.55. The number of alkyl halides is 2. The Morgan fingerprint density at radius 2 is 2.00 bits per heavy atom. The van der Waals surface area contributed by atoms with E-state index in [0.717, 1.165) is 0 Å². The molecule has 0 heterocycles. The molecular formula is C8H13F2O. The first-order valence-corrected chi connectivity index (χ1v) is 3.87. The van der Waals surface area contributed by atoms with E-state index in [2.05, 4.69) is 6.92 Å². The van der Waals surface area contributed by atoms with Crippen LogP contribution in [0.25, 0.3) is 0 Å². The Bertz CT molecular complexity index is 147. The summed E-state index contributed by atoms with van der Waals surface area (Å²) in [6.45, 7) is 3.46. The van der Waals surface area contributed by atoms with Crippen molar-refractivity contribution in [2.24, 2.45) is 0 Å². The van der Waals surface area contributed by atoms with E-state index in [1.165, 1.54) is 0 Å². The molecule has 65 valence electrons. The molecule has 3 heteroatoms. The zero-order chi connectivity index (χ0) is 8.54. The van der Waals surface area contributed by atoms with Crippen molar-refractivity contribution in [3.8, 4) is 0 Å². The summed E-state index contributed by atoms with van der Waals surface area (Å²) in [5, 5.41) is 9.47. The molecule has 1 fully saturated rings. The van der Waals surface area contributed by atoms with E-state index in [1.54, 1.807) is 0 Å². The van der Waals surface area contributed by atoms with E-state index < -0.39 is 17.9 Å². The normalized spacial score (nSPS) is 37.1. The molecule has 1 N–H and O–H groups in total. The van der Waals surface area contributed by atoms with Gasteiger partial charge in [-0.15, -0.1) is 0 Å². The van der Waals surface area contributed by atoms with Crippen LogP contribution < -0.4 is 0 Å². The van der Waals surface area contributed by atoms with E-state index >= 15 is 0 Å².